The first-order valence-corrected chi connectivity index (χ1v) is 28.0. The summed E-state index contributed by atoms with van der Waals surface area (Å²) >= 11 is 0. The maximum atomic E-state index is 14.4. The van der Waals surface area contributed by atoms with Crippen LogP contribution < -0.4 is 54.0 Å². The molecule has 1 fully saturated rings. The second-order valence-electron chi connectivity index (χ2n) is 21.3. The number of hydrogen-bond donors (Lipinski definition) is 17. The van der Waals surface area contributed by atoms with E-state index in [1.165, 1.54) is 6.20 Å². The number of primary amides is 1. The van der Waals surface area contributed by atoms with Crippen LogP contribution in [0.15, 0.2) is 60.9 Å². The van der Waals surface area contributed by atoms with Crippen molar-refractivity contribution in [3.8, 4) is 0 Å². The lowest BCUT2D eigenvalue weighted by molar-refractivity contribution is -0.146. The van der Waals surface area contributed by atoms with Crippen molar-refractivity contribution >= 4 is 98.8 Å². The van der Waals surface area contributed by atoms with Crippen molar-refractivity contribution in [3.63, 3.8) is 0 Å². The van der Waals surface area contributed by atoms with Gasteiger partial charge in [-0.1, -0.05) is 50.2 Å². The molecule has 472 valence electrons. The molecule has 1 aliphatic rings. The summed E-state index contributed by atoms with van der Waals surface area (Å²) in [5.74, 6) is -14.2. The number of likely N-dealkylation sites (tertiary alicyclic amines) is 1. The Morgan fingerprint density at radius 2 is 1.02 bits per heavy atom. The number of carbonyl (C=O) groups is 13. The van der Waals surface area contributed by atoms with Gasteiger partial charge in [-0.05, 0) is 67.7 Å². The van der Waals surface area contributed by atoms with E-state index in [4.69, 9.17) is 16.6 Å². The summed E-state index contributed by atoms with van der Waals surface area (Å²) in [6.07, 6.45) is -0.295. The highest BCUT2D eigenvalue weighted by Gasteiger charge is 2.40. The molecule has 4 aromatic rings. The number of amides is 10. The lowest BCUT2D eigenvalue weighted by Crippen LogP contribution is -2.61. The molecule has 0 bridgehead atoms. The number of carboxylic acids is 3. The molecule has 2 aromatic carbocycles. The lowest BCUT2D eigenvalue weighted by atomic mass is 10.0. The highest BCUT2D eigenvalue weighted by molar-refractivity contribution is 5.99. The maximum absolute atomic E-state index is 14.4. The molecule has 0 aliphatic carbocycles. The topological polar surface area (TPSA) is 506 Å². The van der Waals surface area contributed by atoms with Crippen LogP contribution in [0.2, 0.25) is 0 Å². The average Bonchev–Trinajstić information content (AvgIpc) is 2.51. The van der Waals surface area contributed by atoms with Crippen molar-refractivity contribution in [3.05, 3.63) is 72.1 Å². The zero-order valence-corrected chi connectivity index (χ0v) is 47.8. The Balaban J connectivity index is 1.38. The van der Waals surface area contributed by atoms with Crippen LogP contribution in [0, 0.1) is 5.92 Å². The SMILES string of the molecule is CC(C)C[C@H](N)C(=O)NCC(=O)N[C@@H](CCC(N)=O)C(=O)N[C@@H](Cc1c[nH]c2ccccc12)C(=O)N[C@@H](CO)C(=O)N[C@@H](CCC(=O)O)C(=O)N[C@@H](Cc1c[nH]c2ccccc12)C(=O)N[C@@H](CO)C(=O)N1CCC[C@H]1C(=O)N[C@@H](CCC(=O)O)C(=O)O. The van der Waals surface area contributed by atoms with E-state index >= 15 is 0 Å². The van der Waals surface area contributed by atoms with Gasteiger partial charge in [-0.2, -0.15) is 0 Å². The predicted molar refractivity (Wildman–Crippen MR) is 307 cm³/mol. The summed E-state index contributed by atoms with van der Waals surface area (Å²) in [5, 5.41) is 69.8. The Morgan fingerprint density at radius 1 is 0.575 bits per heavy atom. The van der Waals surface area contributed by atoms with Crippen molar-refractivity contribution in [1.29, 1.82) is 0 Å². The van der Waals surface area contributed by atoms with Gasteiger partial charge in [-0.15, -0.1) is 0 Å². The summed E-state index contributed by atoms with van der Waals surface area (Å²) in [4.78, 5) is 179. The molecule has 0 unspecified atom stereocenters. The van der Waals surface area contributed by atoms with Gasteiger partial charge in [0.15, 0.2) is 0 Å². The van der Waals surface area contributed by atoms with Gasteiger partial charge in [-0.3, -0.25) is 57.5 Å². The molecule has 0 radical (unpaired) electrons. The third-order valence-electron chi connectivity index (χ3n) is 14.3. The molecule has 2 aromatic heterocycles. The van der Waals surface area contributed by atoms with E-state index in [-0.39, 0.29) is 44.6 Å². The second-order valence-corrected chi connectivity index (χ2v) is 21.3. The number of nitrogens with two attached hydrogens (primary N) is 2. The Hall–Kier alpha value is -9.49. The molecule has 31 heteroatoms. The minimum atomic E-state index is -1.94. The molecule has 3 heterocycles. The fourth-order valence-electron chi connectivity index (χ4n) is 9.75. The van der Waals surface area contributed by atoms with Crippen molar-refractivity contribution < 1.29 is 87.9 Å². The van der Waals surface area contributed by atoms with Crippen molar-refractivity contribution in [1.82, 2.24) is 57.4 Å². The predicted octanol–water partition coefficient (Wildman–Crippen LogP) is -3.63. The van der Waals surface area contributed by atoms with E-state index in [9.17, 15) is 82.8 Å². The molecule has 10 amide bonds. The highest BCUT2D eigenvalue weighted by Crippen LogP contribution is 2.23. The third kappa shape index (κ3) is 20.3. The number of para-hydroxylation sites is 2. The fourth-order valence-corrected chi connectivity index (χ4v) is 9.75. The molecule has 19 N–H and O–H groups in total. The minimum Gasteiger partial charge on any atom is -0.481 e. The zero-order valence-electron chi connectivity index (χ0n) is 47.8. The summed E-state index contributed by atoms with van der Waals surface area (Å²) < 4.78 is 0. The molecule has 1 saturated heterocycles. The first kappa shape index (κ1) is 68.3. The van der Waals surface area contributed by atoms with Crippen LogP contribution in [0.3, 0.4) is 0 Å². The number of rotatable bonds is 35. The van der Waals surface area contributed by atoms with Gasteiger partial charge in [-0.25, -0.2) is 4.79 Å². The van der Waals surface area contributed by atoms with Crippen molar-refractivity contribution in [2.45, 2.75) is 139 Å². The van der Waals surface area contributed by atoms with Gasteiger partial charge in [0.25, 0.3) is 0 Å². The first-order valence-electron chi connectivity index (χ1n) is 28.0. The number of fused-ring (bicyclic) bond motifs is 2. The van der Waals surface area contributed by atoms with E-state index in [2.05, 4.69) is 52.5 Å². The number of H-pyrrole nitrogens is 2. The summed E-state index contributed by atoms with van der Waals surface area (Å²) in [6, 6.07) is -0.575. The average molecular weight is 1220 g/mol. The van der Waals surface area contributed by atoms with Gasteiger partial charge in [0.2, 0.25) is 59.1 Å². The third-order valence-corrected chi connectivity index (χ3v) is 14.3. The lowest BCUT2D eigenvalue weighted by Gasteiger charge is -2.30. The monoisotopic (exact) mass is 1220 g/mol. The number of carbonyl (C=O) groups excluding carboxylic acids is 10. The normalized spacial score (nSPS) is 15.7. The molecule has 87 heavy (non-hydrogen) atoms. The van der Waals surface area contributed by atoms with Crippen LogP contribution in [-0.4, -0.2) is 198 Å². The number of hydrogen-bond acceptors (Lipinski definition) is 16. The highest BCUT2D eigenvalue weighted by atomic mass is 16.4. The number of aliphatic carboxylic acids is 3. The van der Waals surface area contributed by atoms with Crippen LogP contribution >= 0.6 is 0 Å². The zero-order chi connectivity index (χ0) is 64.1. The first-order chi connectivity index (χ1) is 41.3. The van der Waals surface area contributed by atoms with E-state index in [0.29, 0.717) is 39.4 Å². The Morgan fingerprint density at radius 3 is 1.52 bits per heavy atom. The number of nitrogens with zero attached hydrogens (tertiary/aromatic N) is 1. The summed E-state index contributed by atoms with van der Waals surface area (Å²) in [7, 11) is 0. The summed E-state index contributed by atoms with van der Waals surface area (Å²) in [5.41, 5.74) is 13.4. The van der Waals surface area contributed by atoms with Crippen LogP contribution in [-0.2, 0) is 75.2 Å². The molecule has 9 atom stereocenters. The number of carboxylic acid groups (broad SMARTS) is 3. The van der Waals surface area contributed by atoms with Gasteiger partial charge >= 0.3 is 17.9 Å². The Labute approximate surface area is 497 Å². The van der Waals surface area contributed by atoms with E-state index in [1.54, 1.807) is 54.7 Å². The summed E-state index contributed by atoms with van der Waals surface area (Å²) in [6.45, 7) is 0.762. The smallest absolute Gasteiger partial charge is 0.326 e. The molecule has 31 nitrogen and oxygen atoms in total. The van der Waals surface area contributed by atoms with E-state index in [1.807, 2.05) is 13.8 Å². The number of aliphatic hydroxyl groups excluding tert-OH is 2. The number of nitrogens with one attached hydrogen (secondary N) is 10. The molecular formula is C56H75N13O18. The standard InChI is InChI=1S/C56H75N13O18/c1-28(2)20-33(57)48(78)61-25-45(73)62-36(13-16-44(58)72)49(79)65-39(21-29-23-59-34-10-5-3-8-31(29)34)51(81)67-41(26-70)53(83)63-37(14-17-46(74)75)50(80)66-40(22-30-24-60-35-11-6-4-9-32(30)35)52(82)68-42(27-71)55(85)69-19-7-12-43(69)54(84)64-38(56(86)87)15-18-47(76)77/h3-6,8-11,23-24,28,33,36-43,59-60,70-71H,7,12-22,25-27,57H2,1-2H3,(H2,58,72)(H,61,78)(H,62,73)(H,63,83)(H,64,84)(H,65,79)(H,66,80)(H,67,81)(H,68,82)(H,74,75)(H,76,77)(H,86,87)/t33-,36-,37-,38-,39-,40-,41-,42-,43-/m0/s1. The number of aromatic amines is 2. The Bertz CT molecular complexity index is 3160. The molecule has 5 rings (SSSR count). The quantitative estimate of drug-likeness (QED) is 0.0211. The number of aromatic nitrogens is 2. The Kier molecular flexibility index (Phi) is 25.7. The second kappa shape index (κ2) is 32.7. The van der Waals surface area contributed by atoms with Crippen LogP contribution in [0.4, 0.5) is 0 Å². The molecular weight excluding hydrogens is 1140 g/mol. The van der Waals surface area contributed by atoms with Gasteiger partial charge in [0, 0.05) is 72.8 Å². The number of aliphatic hydroxyl groups is 2. The van der Waals surface area contributed by atoms with Gasteiger partial charge in [0.1, 0.15) is 48.3 Å². The minimum absolute atomic E-state index is 0.0290. The van der Waals surface area contributed by atoms with Crippen LogP contribution in [0.1, 0.15) is 82.8 Å². The van der Waals surface area contributed by atoms with Crippen molar-refractivity contribution in [2.75, 3.05) is 26.3 Å². The van der Waals surface area contributed by atoms with E-state index < -0.39 is 183 Å². The molecule has 1 aliphatic heterocycles. The van der Waals surface area contributed by atoms with Crippen LogP contribution in [0.25, 0.3) is 21.8 Å². The maximum Gasteiger partial charge on any atom is 0.326 e. The fraction of sp³-hybridized carbons (Fsp3) is 0.482. The van der Waals surface area contributed by atoms with Gasteiger partial charge in [0.05, 0.1) is 25.8 Å². The van der Waals surface area contributed by atoms with Crippen molar-refractivity contribution in [2.24, 2.45) is 17.4 Å². The van der Waals surface area contributed by atoms with Crippen LogP contribution in [0.5, 0.6) is 0 Å². The molecule has 0 spiro atoms. The largest absolute Gasteiger partial charge is 0.481 e. The number of benzene rings is 2. The van der Waals surface area contributed by atoms with E-state index in [0.717, 1.165) is 4.90 Å². The van der Waals surface area contributed by atoms with Gasteiger partial charge < -0.3 is 94.4 Å². The molecule has 0 saturated carbocycles.